The number of carboxylic acids is 1. The minimum absolute atomic E-state index is 0.505. The van der Waals surface area contributed by atoms with Crippen molar-refractivity contribution in [2.24, 2.45) is 0 Å². The van der Waals surface area contributed by atoms with E-state index in [0.29, 0.717) is 31.1 Å². The third-order valence-corrected chi connectivity index (χ3v) is 4.16. The number of nitrogens with zero attached hydrogens (tertiary/aromatic N) is 2. The molecule has 2 aromatic rings. The molecule has 2 heterocycles. The van der Waals surface area contributed by atoms with E-state index in [1.807, 2.05) is 23.6 Å². The first-order valence-corrected chi connectivity index (χ1v) is 8.19. The predicted octanol–water partition coefficient (Wildman–Crippen LogP) is 3.19. The average molecular weight is 318 g/mol. The summed E-state index contributed by atoms with van der Waals surface area (Å²) >= 11 is 0. The number of fused-ring (bicyclic) bond motifs is 2. The minimum atomic E-state index is -0.834. The van der Waals surface area contributed by atoms with Crippen LogP contribution in [-0.4, -0.2) is 33.8 Å². The van der Waals surface area contributed by atoms with Gasteiger partial charge in [0.2, 0.25) is 0 Å². The van der Waals surface area contributed by atoms with Crippen molar-refractivity contribution in [1.29, 1.82) is 0 Å². The van der Waals surface area contributed by atoms with Crippen molar-refractivity contribution in [3.63, 3.8) is 0 Å². The normalized spacial score (nSPS) is 14.9. The molecule has 0 radical (unpaired) electrons. The summed E-state index contributed by atoms with van der Waals surface area (Å²) in [5.74, 6) is 1.32. The summed E-state index contributed by atoms with van der Waals surface area (Å²) in [6, 6.07) is 3.09. The summed E-state index contributed by atoms with van der Waals surface area (Å²) < 4.78 is 13.1. The van der Waals surface area contributed by atoms with Crippen LogP contribution in [0.3, 0.4) is 0 Å². The van der Waals surface area contributed by atoms with E-state index in [2.05, 4.69) is 11.9 Å². The van der Waals surface area contributed by atoms with Gasteiger partial charge in [0.15, 0.2) is 11.5 Å². The Hall–Kier alpha value is -2.24. The first kappa shape index (κ1) is 15.6. The number of hydrogen-bond acceptors (Lipinski definition) is 4. The summed E-state index contributed by atoms with van der Waals surface area (Å²) in [5, 5.41) is 9.59. The first-order chi connectivity index (χ1) is 11.2. The number of imidazole rings is 1. The minimum Gasteiger partial charge on any atom is -0.486 e. The van der Waals surface area contributed by atoms with Crippen LogP contribution in [0.2, 0.25) is 0 Å². The molecule has 6 nitrogen and oxygen atoms in total. The Bertz CT molecular complexity index is 723. The number of carbonyl (C=O) groups is 1. The molecule has 0 aliphatic carbocycles. The summed E-state index contributed by atoms with van der Waals surface area (Å²) in [4.78, 5) is 16.4. The molecular formula is C17H22N2O4. The molecule has 0 amide bonds. The van der Waals surface area contributed by atoms with Crippen molar-refractivity contribution < 1.29 is 19.4 Å². The van der Waals surface area contributed by atoms with E-state index >= 15 is 0 Å². The van der Waals surface area contributed by atoms with Crippen molar-refractivity contribution in [1.82, 2.24) is 9.55 Å². The van der Waals surface area contributed by atoms with E-state index in [1.165, 1.54) is 0 Å². The molecule has 0 saturated heterocycles. The Morgan fingerprint density at radius 3 is 2.61 bits per heavy atom. The number of ether oxygens (including phenoxy) is 2. The van der Waals surface area contributed by atoms with Gasteiger partial charge < -0.3 is 19.1 Å². The van der Waals surface area contributed by atoms with Crippen LogP contribution in [0.1, 0.15) is 45.0 Å². The lowest BCUT2D eigenvalue weighted by Gasteiger charge is -2.20. The van der Waals surface area contributed by atoms with Gasteiger partial charge in [0, 0.05) is 18.6 Å². The van der Waals surface area contributed by atoms with Crippen LogP contribution in [-0.2, 0) is 11.2 Å². The van der Waals surface area contributed by atoms with Crippen LogP contribution in [0.5, 0.6) is 11.5 Å². The Morgan fingerprint density at radius 1 is 1.30 bits per heavy atom. The van der Waals surface area contributed by atoms with E-state index < -0.39 is 12.0 Å². The first-order valence-electron chi connectivity index (χ1n) is 8.19. The third kappa shape index (κ3) is 2.85. The number of aryl methyl sites for hydroxylation is 1. The number of aliphatic carboxylic acids is 1. The molecule has 1 aliphatic heterocycles. The molecule has 1 aliphatic rings. The molecular weight excluding hydrogens is 296 g/mol. The Kier molecular flexibility index (Phi) is 4.41. The smallest absolute Gasteiger partial charge is 0.326 e. The number of hydrogen-bond donors (Lipinski definition) is 1. The third-order valence-electron chi connectivity index (χ3n) is 4.16. The summed E-state index contributed by atoms with van der Waals surface area (Å²) in [5.41, 5.74) is 1.56. The van der Waals surface area contributed by atoms with Crippen LogP contribution < -0.4 is 9.47 Å². The monoisotopic (exact) mass is 318 g/mol. The predicted molar refractivity (Wildman–Crippen MR) is 86.3 cm³/mol. The maximum atomic E-state index is 11.7. The van der Waals surface area contributed by atoms with Crippen molar-refractivity contribution in [3.05, 3.63) is 18.0 Å². The highest BCUT2D eigenvalue weighted by molar-refractivity contribution is 5.83. The van der Waals surface area contributed by atoms with Gasteiger partial charge in [-0.3, -0.25) is 0 Å². The van der Waals surface area contributed by atoms with Crippen LogP contribution in [0.4, 0.5) is 0 Å². The second kappa shape index (κ2) is 6.48. The topological polar surface area (TPSA) is 73.6 Å². The maximum Gasteiger partial charge on any atom is 0.326 e. The standard InChI is InChI=1S/C17H22N2O4/c1-3-5-6-16-18-11-9-14-15(23-8-7-22-14)10-13(11)19(16)12(4-2)17(20)21/h9-10,12H,3-8H2,1-2H3,(H,20,21). The van der Waals surface area contributed by atoms with Gasteiger partial charge in [0.1, 0.15) is 25.1 Å². The molecule has 3 rings (SSSR count). The molecule has 0 saturated carbocycles. The highest BCUT2D eigenvalue weighted by atomic mass is 16.6. The molecule has 1 aromatic heterocycles. The SMILES string of the molecule is CCCCc1nc2cc3c(cc2n1C(CC)C(=O)O)OCCO3. The van der Waals surface area contributed by atoms with Gasteiger partial charge in [-0.25, -0.2) is 9.78 Å². The van der Waals surface area contributed by atoms with Gasteiger partial charge in [-0.15, -0.1) is 0 Å². The van der Waals surface area contributed by atoms with Crippen molar-refractivity contribution in [3.8, 4) is 11.5 Å². The van der Waals surface area contributed by atoms with Gasteiger partial charge in [0.25, 0.3) is 0 Å². The van der Waals surface area contributed by atoms with E-state index in [-0.39, 0.29) is 0 Å². The van der Waals surface area contributed by atoms with Crippen LogP contribution in [0, 0.1) is 0 Å². The van der Waals surface area contributed by atoms with Gasteiger partial charge in [-0.1, -0.05) is 20.3 Å². The maximum absolute atomic E-state index is 11.7. The number of rotatable bonds is 6. The fraction of sp³-hybridized carbons (Fsp3) is 0.529. The zero-order valence-corrected chi connectivity index (χ0v) is 13.5. The summed E-state index contributed by atoms with van der Waals surface area (Å²) in [6.07, 6.45) is 3.29. The van der Waals surface area contributed by atoms with Crippen molar-refractivity contribution in [2.75, 3.05) is 13.2 Å². The number of benzene rings is 1. The quantitative estimate of drug-likeness (QED) is 0.885. The molecule has 23 heavy (non-hydrogen) atoms. The van der Waals surface area contributed by atoms with E-state index in [0.717, 1.165) is 36.1 Å². The van der Waals surface area contributed by atoms with Gasteiger partial charge >= 0.3 is 5.97 Å². The molecule has 0 spiro atoms. The zero-order valence-electron chi connectivity index (χ0n) is 13.5. The zero-order chi connectivity index (χ0) is 16.4. The molecule has 1 aromatic carbocycles. The van der Waals surface area contributed by atoms with Gasteiger partial charge in [-0.05, 0) is 12.8 Å². The van der Waals surface area contributed by atoms with E-state index in [4.69, 9.17) is 9.47 Å². The van der Waals surface area contributed by atoms with E-state index in [1.54, 1.807) is 0 Å². The Labute approximate surface area is 135 Å². The molecule has 0 fully saturated rings. The fourth-order valence-electron chi connectivity index (χ4n) is 3.01. The van der Waals surface area contributed by atoms with Crippen LogP contribution >= 0.6 is 0 Å². The van der Waals surface area contributed by atoms with Crippen LogP contribution in [0.25, 0.3) is 11.0 Å². The second-order valence-electron chi connectivity index (χ2n) is 5.75. The summed E-state index contributed by atoms with van der Waals surface area (Å²) in [7, 11) is 0. The molecule has 0 bridgehead atoms. The largest absolute Gasteiger partial charge is 0.486 e. The average Bonchev–Trinajstić information content (AvgIpc) is 2.88. The molecule has 6 heteroatoms. The molecule has 1 N–H and O–H groups in total. The fourth-order valence-corrected chi connectivity index (χ4v) is 3.01. The lowest BCUT2D eigenvalue weighted by molar-refractivity contribution is -0.140. The Balaban J connectivity index is 2.17. The molecule has 1 unspecified atom stereocenters. The Morgan fingerprint density at radius 2 is 2.00 bits per heavy atom. The van der Waals surface area contributed by atoms with Crippen molar-refractivity contribution >= 4 is 17.0 Å². The molecule has 124 valence electrons. The van der Waals surface area contributed by atoms with Gasteiger partial charge in [0.05, 0.1) is 11.0 Å². The van der Waals surface area contributed by atoms with E-state index in [9.17, 15) is 9.90 Å². The van der Waals surface area contributed by atoms with Crippen LogP contribution in [0.15, 0.2) is 12.1 Å². The van der Waals surface area contributed by atoms with Crippen molar-refractivity contribution in [2.45, 2.75) is 45.6 Å². The highest BCUT2D eigenvalue weighted by Gasteiger charge is 2.25. The number of aromatic nitrogens is 2. The summed E-state index contributed by atoms with van der Waals surface area (Å²) in [6.45, 7) is 5.02. The number of unbranched alkanes of at least 4 members (excludes halogenated alkanes) is 1. The molecule has 1 atom stereocenters. The lowest BCUT2D eigenvalue weighted by Crippen LogP contribution is -2.20. The number of carboxylic acid groups (broad SMARTS) is 1. The second-order valence-corrected chi connectivity index (χ2v) is 5.75. The highest BCUT2D eigenvalue weighted by Crippen LogP contribution is 2.36. The van der Waals surface area contributed by atoms with Gasteiger partial charge in [-0.2, -0.15) is 0 Å². The lowest BCUT2D eigenvalue weighted by atomic mass is 10.2.